The van der Waals surface area contributed by atoms with E-state index in [1.54, 1.807) is 21.3 Å². The number of rotatable bonds is 6. The lowest BCUT2D eigenvalue weighted by Crippen LogP contribution is -2.24. The molecular formula is C20H25NO4. The van der Waals surface area contributed by atoms with Crippen LogP contribution in [0.1, 0.15) is 23.6 Å². The Hall–Kier alpha value is -2.24. The average Bonchev–Trinajstić information content (AvgIpc) is 3.02. The van der Waals surface area contributed by atoms with Gasteiger partial charge in [-0.1, -0.05) is 18.2 Å². The van der Waals surface area contributed by atoms with Gasteiger partial charge < -0.3 is 19.3 Å². The van der Waals surface area contributed by atoms with Gasteiger partial charge in [-0.2, -0.15) is 0 Å². The van der Waals surface area contributed by atoms with Gasteiger partial charge in [-0.15, -0.1) is 0 Å². The van der Waals surface area contributed by atoms with Gasteiger partial charge in [-0.3, -0.25) is 4.90 Å². The zero-order valence-corrected chi connectivity index (χ0v) is 14.9. The number of β-amino-alcohol motifs (C(OH)–C–C–N with tert-alkyl or cyclic N) is 1. The monoisotopic (exact) mass is 343 g/mol. The molecule has 0 saturated carbocycles. The minimum atomic E-state index is -0.333. The highest BCUT2D eigenvalue weighted by atomic mass is 16.5. The molecule has 0 radical (unpaired) electrons. The molecule has 1 saturated heterocycles. The second-order valence-electron chi connectivity index (χ2n) is 6.29. The number of hydrogen-bond acceptors (Lipinski definition) is 5. The van der Waals surface area contributed by atoms with Crippen molar-refractivity contribution in [1.82, 2.24) is 4.90 Å². The number of ether oxygens (including phenoxy) is 3. The first-order valence-electron chi connectivity index (χ1n) is 8.41. The van der Waals surface area contributed by atoms with Crippen molar-refractivity contribution >= 4 is 0 Å². The van der Waals surface area contributed by atoms with Crippen LogP contribution in [0.15, 0.2) is 42.5 Å². The summed E-state index contributed by atoms with van der Waals surface area (Å²) in [5.74, 6) is 2.40. The lowest BCUT2D eigenvalue weighted by Gasteiger charge is -2.25. The Morgan fingerprint density at radius 1 is 1.00 bits per heavy atom. The highest BCUT2D eigenvalue weighted by Crippen LogP contribution is 2.36. The predicted octanol–water partition coefficient (Wildman–Crippen LogP) is 3.02. The normalized spacial score (nSPS) is 20.5. The van der Waals surface area contributed by atoms with Crippen molar-refractivity contribution in [3.8, 4) is 17.2 Å². The zero-order chi connectivity index (χ0) is 17.8. The number of hydrogen-bond donors (Lipinski definition) is 1. The second-order valence-corrected chi connectivity index (χ2v) is 6.29. The summed E-state index contributed by atoms with van der Waals surface area (Å²) < 4.78 is 16.1. The van der Waals surface area contributed by atoms with Crippen LogP contribution >= 0.6 is 0 Å². The van der Waals surface area contributed by atoms with E-state index in [9.17, 15) is 5.11 Å². The van der Waals surface area contributed by atoms with Crippen LogP contribution in [0, 0.1) is 0 Å². The molecule has 1 heterocycles. The number of aliphatic hydroxyl groups excluding tert-OH is 1. The topological polar surface area (TPSA) is 51.2 Å². The van der Waals surface area contributed by atoms with Crippen molar-refractivity contribution in [2.24, 2.45) is 0 Å². The van der Waals surface area contributed by atoms with E-state index in [0.717, 1.165) is 28.4 Å². The van der Waals surface area contributed by atoms with Crippen LogP contribution in [-0.2, 0) is 6.54 Å². The average molecular weight is 343 g/mol. The van der Waals surface area contributed by atoms with E-state index >= 15 is 0 Å². The molecule has 2 aromatic carbocycles. The molecule has 5 nitrogen and oxygen atoms in total. The minimum Gasteiger partial charge on any atom is -0.497 e. The first kappa shape index (κ1) is 17.6. The number of methoxy groups -OCH3 is 3. The lowest BCUT2D eigenvalue weighted by atomic mass is 10.0. The van der Waals surface area contributed by atoms with Crippen LogP contribution < -0.4 is 14.2 Å². The lowest BCUT2D eigenvalue weighted by molar-refractivity contribution is 0.172. The molecule has 0 amide bonds. The molecule has 2 atom stereocenters. The molecular weight excluding hydrogens is 318 g/mol. The highest BCUT2D eigenvalue weighted by molar-refractivity contribution is 5.41. The Balaban J connectivity index is 1.85. The summed E-state index contributed by atoms with van der Waals surface area (Å²) >= 11 is 0. The van der Waals surface area contributed by atoms with Crippen molar-refractivity contribution in [3.63, 3.8) is 0 Å². The molecule has 1 N–H and O–H groups in total. The maximum absolute atomic E-state index is 10.2. The van der Waals surface area contributed by atoms with Gasteiger partial charge in [0.15, 0.2) is 0 Å². The van der Waals surface area contributed by atoms with Crippen LogP contribution in [-0.4, -0.2) is 44.0 Å². The molecule has 5 heteroatoms. The van der Waals surface area contributed by atoms with E-state index in [1.807, 2.05) is 36.4 Å². The van der Waals surface area contributed by atoms with Crippen LogP contribution in [0.4, 0.5) is 0 Å². The first-order chi connectivity index (χ1) is 12.1. The molecule has 2 aromatic rings. The zero-order valence-electron chi connectivity index (χ0n) is 14.9. The first-order valence-corrected chi connectivity index (χ1v) is 8.41. The molecule has 134 valence electrons. The van der Waals surface area contributed by atoms with Crippen molar-refractivity contribution < 1.29 is 19.3 Å². The van der Waals surface area contributed by atoms with Crippen molar-refractivity contribution in [2.75, 3.05) is 27.9 Å². The maximum atomic E-state index is 10.2. The highest BCUT2D eigenvalue weighted by Gasteiger charge is 2.32. The molecule has 1 aliphatic heterocycles. The Bertz CT molecular complexity index is 719. The van der Waals surface area contributed by atoms with Crippen LogP contribution in [0.3, 0.4) is 0 Å². The molecule has 0 aliphatic carbocycles. The van der Waals surface area contributed by atoms with Crippen LogP contribution in [0.2, 0.25) is 0 Å². The van der Waals surface area contributed by atoms with E-state index in [1.165, 1.54) is 0 Å². The van der Waals surface area contributed by atoms with E-state index in [4.69, 9.17) is 14.2 Å². The summed E-state index contributed by atoms with van der Waals surface area (Å²) in [6.07, 6.45) is 0.381. The van der Waals surface area contributed by atoms with Crippen molar-refractivity contribution in [3.05, 3.63) is 53.6 Å². The van der Waals surface area contributed by atoms with Crippen LogP contribution in [0.5, 0.6) is 17.2 Å². The van der Waals surface area contributed by atoms with Crippen molar-refractivity contribution in [1.29, 1.82) is 0 Å². The molecule has 0 unspecified atom stereocenters. The fourth-order valence-corrected chi connectivity index (χ4v) is 3.45. The summed E-state index contributed by atoms with van der Waals surface area (Å²) in [5.41, 5.74) is 2.23. The van der Waals surface area contributed by atoms with Gasteiger partial charge in [0.2, 0.25) is 0 Å². The van der Waals surface area contributed by atoms with Gasteiger partial charge in [0.1, 0.15) is 17.2 Å². The SMILES string of the molecule is COc1cccc([C@H]2C[C@@H](O)CN2Cc2ccc(OC)cc2OC)c1. The van der Waals surface area contributed by atoms with Gasteiger partial charge in [-0.25, -0.2) is 0 Å². The molecule has 1 fully saturated rings. The summed E-state index contributed by atoms with van der Waals surface area (Å²) in [4.78, 5) is 2.28. The summed E-state index contributed by atoms with van der Waals surface area (Å²) in [7, 11) is 4.98. The van der Waals surface area contributed by atoms with Crippen LogP contribution in [0.25, 0.3) is 0 Å². The quantitative estimate of drug-likeness (QED) is 0.874. The predicted molar refractivity (Wildman–Crippen MR) is 96.3 cm³/mol. The van der Waals surface area contributed by atoms with Gasteiger partial charge >= 0.3 is 0 Å². The smallest absolute Gasteiger partial charge is 0.127 e. The van der Waals surface area contributed by atoms with E-state index in [2.05, 4.69) is 11.0 Å². The third kappa shape index (κ3) is 3.89. The molecule has 0 aromatic heterocycles. The third-order valence-corrected chi connectivity index (χ3v) is 4.73. The Kier molecular flexibility index (Phi) is 5.46. The van der Waals surface area contributed by atoms with E-state index < -0.39 is 0 Å². The van der Waals surface area contributed by atoms with Gasteiger partial charge in [-0.05, 0) is 30.2 Å². The maximum Gasteiger partial charge on any atom is 0.127 e. The Labute approximate surface area is 148 Å². The molecule has 0 spiro atoms. The van der Waals surface area contributed by atoms with Gasteiger partial charge in [0, 0.05) is 30.8 Å². The number of aliphatic hydroxyl groups is 1. The largest absolute Gasteiger partial charge is 0.497 e. The minimum absolute atomic E-state index is 0.150. The second kappa shape index (κ2) is 7.76. The molecule has 0 bridgehead atoms. The Morgan fingerprint density at radius 2 is 1.76 bits per heavy atom. The molecule has 25 heavy (non-hydrogen) atoms. The van der Waals surface area contributed by atoms with E-state index in [0.29, 0.717) is 19.5 Å². The molecule has 3 rings (SSSR count). The molecule has 1 aliphatic rings. The summed E-state index contributed by atoms with van der Waals surface area (Å²) in [6.45, 7) is 1.34. The number of nitrogens with zero attached hydrogens (tertiary/aromatic N) is 1. The fourth-order valence-electron chi connectivity index (χ4n) is 3.45. The van der Waals surface area contributed by atoms with Gasteiger partial charge in [0.05, 0.1) is 27.4 Å². The third-order valence-electron chi connectivity index (χ3n) is 4.73. The van der Waals surface area contributed by atoms with Gasteiger partial charge in [0.25, 0.3) is 0 Å². The summed E-state index contributed by atoms with van der Waals surface area (Å²) in [6, 6.07) is 14.1. The Morgan fingerprint density at radius 3 is 2.48 bits per heavy atom. The summed E-state index contributed by atoms with van der Waals surface area (Å²) in [5, 5.41) is 10.2. The number of likely N-dealkylation sites (tertiary alicyclic amines) is 1. The van der Waals surface area contributed by atoms with Crippen molar-refractivity contribution in [2.45, 2.75) is 25.1 Å². The fraction of sp³-hybridized carbons (Fsp3) is 0.400. The number of benzene rings is 2. The standard InChI is InChI=1S/C20H25NO4/c1-23-17-6-4-5-14(9-17)19-10-16(22)13-21(19)12-15-7-8-18(24-2)11-20(15)25-3/h4-9,11,16,19,22H,10,12-13H2,1-3H3/t16-,19-/m1/s1. The van der Waals surface area contributed by atoms with E-state index in [-0.39, 0.29) is 12.1 Å².